The third kappa shape index (κ3) is 4.44. The summed E-state index contributed by atoms with van der Waals surface area (Å²) in [4.78, 5) is 0. The van der Waals surface area contributed by atoms with Crippen LogP contribution >= 0.6 is 11.6 Å². The van der Waals surface area contributed by atoms with Gasteiger partial charge in [-0.2, -0.15) is 0 Å². The predicted octanol–water partition coefficient (Wildman–Crippen LogP) is 3.80. The lowest BCUT2D eigenvalue weighted by Gasteiger charge is -2.35. The van der Waals surface area contributed by atoms with Crippen LogP contribution in [0.25, 0.3) is 0 Å². The summed E-state index contributed by atoms with van der Waals surface area (Å²) in [6.45, 7) is 8.80. The average Bonchev–Trinajstić information content (AvgIpc) is 2.30. The van der Waals surface area contributed by atoms with E-state index in [1.165, 1.54) is 6.07 Å². The Hall–Kier alpha value is -0.640. The molecule has 2 N–H and O–H groups in total. The standard InChI is InChI=1S/C15H23ClFNO/c1-5-19-14(15(2,3)4)12(18)9-10-7-6-8-11(17)13(10)16/h6-8,12,14H,5,9,18H2,1-4H3. The molecule has 0 saturated heterocycles. The largest absolute Gasteiger partial charge is 0.376 e. The van der Waals surface area contributed by atoms with Crippen LogP contribution in [0, 0.1) is 11.2 Å². The third-order valence-corrected chi connectivity index (χ3v) is 3.50. The van der Waals surface area contributed by atoms with E-state index in [0.717, 1.165) is 5.56 Å². The van der Waals surface area contributed by atoms with Crippen LogP contribution in [0.15, 0.2) is 18.2 Å². The third-order valence-electron chi connectivity index (χ3n) is 3.08. The number of halogens is 2. The molecule has 0 aliphatic carbocycles. The zero-order valence-electron chi connectivity index (χ0n) is 12.0. The quantitative estimate of drug-likeness (QED) is 0.894. The van der Waals surface area contributed by atoms with Crippen LogP contribution in [0.3, 0.4) is 0 Å². The van der Waals surface area contributed by atoms with E-state index in [-0.39, 0.29) is 22.6 Å². The summed E-state index contributed by atoms with van der Waals surface area (Å²) in [6, 6.07) is 4.58. The van der Waals surface area contributed by atoms with Crippen molar-refractivity contribution < 1.29 is 9.13 Å². The molecular formula is C15H23ClFNO. The first-order valence-corrected chi connectivity index (χ1v) is 6.95. The molecule has 0 radical (unpaired) electrons. The molecule has 2 unspecified atom stereocenters. The molecule has 2 nitrogen and oxygen atoms in total. The first kappa shape index (κ1) is 16.4. The molecular weight excluding hydrogens is 265 g/mol. The monoisotopic (exact) mass is 287 g/mol. The Kier molecular flexibility index (Phi) is 5.78. The lowest BCUT2D eigenvalue weighted by molar-refractivity contribution is -0.0274. The molecule has 0 bridgehead atoms. The summed E-state index contributed by atoms with van der Waals surface area (Å²) in [5.41, 5.74) is 6.89. The molecule has 0 amide bonds. The molecule has 1 aromatic rings. The number of hydrogen-bond acceptors (Lipinski definition) is 2. The van der Waals surface area contributed by atoms with Gasteiger partial charge in [-0.05, 0) is 30.4 Å². The van der Waals surface area contributed by atoms with Gasteiger partial charge in [0.1, 0.15) is 5.82 Å². The van der Waals surface area contributed by atoms with E-state index in [1.807, 2.05) is 6.92 Å². The number of nitrogens with two attached hydrogens (primary N) is 1. The Morgan fingerprint density at radius 2 is 2.00 bits per heavy atom. The summed E-state index contributed by atoms with van der Waals surface area (Å²) in [5, 5.41) is 0.155. The van der Waals surface area contributed by atoms with Crippen molar-refractivity contribution >= 4 is 11.6 Å². The van der Waals surface area contributed by atoms with Crippen LogP contribution < -0.4 is 5.73 Å². The van der Waals surface area contributed by atoms with Gasteiger partial charge in [-0.3, -0.25) is 0 Å². The fraction of sp³-hybridized carbons (Fsp3) is 0.600. The van der Waals surface area contributed by atoms with Crippen molar-refractivity contribution in [2.75, 3.05) is 6.61 Å². The Morgan fingerprint density at radius 1 is 1.37 bits per heavy atom. The van der Waals surface area contributed by atoms with E-state index < -0.39 is 5.82 Å². The van der Waals surface area contributed by atoms with E-state index in [4.69, 9.17) is 22.1 Å². The lowest BCUT2D eigenvalue weighted by Crippen LogP contribution is -2.46. The summed E-state index contributed by atoms with van der Waals surface area (Å²) < 4.78 is 19.2. The van der Waals surface area contributed by atoms with E-state index in [0.29, 0.717) is 13.0 Å². The molecule has 19 heavy (non-hydrogen) atoms. The van der Waals surface area contributed by atoms with Crippen molar-refractivity contribution in [2.24, 2.45) is 11.1 Å². The summed E-state index contributed by atoms with van der Waals surface area (Å²) in [6.07, 6.45) is 0.398. The van der Waals surface area contributed by atoms with Crippen molar-refractivity contribution in [1.82, 2.24) is 0 Å². The zero-order chi connectivity index (χ0) is 14.6. The molecule has 0 spiro atoms. The molecule has 108 valence electrons. The minimum Gasteiger partial charge on any atom is -0.376 e. The number of rotatable bonds is 5. The van der Waals surface area contributed by atoms with Crippen LogP contribution in [0.4, 0.5) is 4.39 Å². The van der Waals surface area contributed by atoms with Gasteiger partial charge in [0, 0.05) is 12.6 Å². The molecule has 0 aliphatic rings. The van der Waals surface area contributed by atoms with Crippen molar-refractivity contribution in [3.8, 4) is 0 Å². The Balaban J connectivity index is 2.87. The van der Waals surface area contributed by atoms with Gasteiger partial charge in [-0.15, -0.1) is 0 Å². The summed E-state index contributed by atoms with van der Waals surface area (Å²) in [5.74, 6) is -0.407. The second-order valence-electron chi connectivity index (χ2n) is 5.82. The predicted molar refractivity (Wildman–Crippen MR) is 78.0 cm³/mol. The van der Waals surface area contributed by atoms with Crippen LogP contribution in [-0.4, -0.2) is 18.8 Å². The van der Waals surface area contributed by atoms with Gasteiger partial charge in [-0.25, -0.2) is 4.39 Å². The molecule has 0 heterocycles. The number of ether oxygens (including phenoxy) is 1. The van der Waals surface area contributed by atoms with Gasteiger partial charge in [0.15, 0.2) is 0 Å². The van der Waals surface area contributed by atoms with Gasteiger partial charge in [0.05, 0.1) is 11.1 Å². The minimum atomic E-state index is -0.407. The highest BCUT2D eigenvalue weighted by Crippen LogP contribution is 2.28. The molecule has 0 aliphatic heterocycles. The van der Waals surface area contributed by atoms with Crippen molar-refractivity contribution in [1.29, 1.82) is 0 Å². The first-order chi connectivity index (χ1) is 8.77. The fourth-order valence-electron chi connectivity index (χ4n) is 2.26. The Labute approximate surface area is 120 Å². The smallest absolute Gasteiger partial charge is 0.142 e. The van der Waals surface area contributed by atoms with Gasteiger partial charge in [0.2, 0.25) is 0 Å². The maximum atomic E-state index is 13.4. The van der Waals surface area contributed by atoms with Crippen LogP contribution in [-0.2, 0) is 11.2 Å². The van der Waals surface area contributed by atoms with Gasteiger partial charge >= 0.3 is 0 Å². The molecule has 4 heteroatoms. The van der Waals surface area contributed by atoms with Crippen molar-refractivity contribution in [3.05, 3.63) is 34.6 Å². The summed E-state index contributed by atoms with van der Waals surface area (Å²) >= 11 is 5.96. The maximum Gasteiger partial charge on any atom is 0.142 e. The van der Waals surface area contributed by atoms with Crippen LogP contribution in [0.1, 0.15) is 33.3 Å². The van der Waals surface area contributed by atoms with Crippen LogP contribution in [0.2, 0.25) is 5.02 Å². The van der Waals surface area contributed by atoms with E-state index >= 15 is 0 Å². The average molecular weight is 288 g/mol. The highest BCUT2D eigenvalue weighted by atomic mass is 35.5. The molecule has 1 aromatic carbocycles. The minimum absolute atomic E-state index is 0.0742. The molecule has 0 aromatic heterocycles. The second-order valence-corrected chi connectivity index (χ2v) is 6.20. The van der Waals surface area contributed by atoms with E-state index in [9.17, 15) is 4.39 Å². The maximum absolute atomic E-state index is 13.4. The van der Waals surface area contributed by atoms with Gasteiger partial charge in [-0.1, -0.05) is 44.5 Å². The van der Waals surface area contributed by atoms with Crippen molar-refractivity contribution in [2.45, 2.75) is 46.3 Å². The van der Waals surface area contributed by atoms with E-state index in [1.54, 1.807) is 12.1 Å². The topological polar surface area (TPSA) is 35.2 Å². The van der Waals surface area contributed by atoms with E-state index in [2.05, 4.69) is 20.8 Å². The fourth-order valence-corrected chi connectivity index (χ4v) is 2.47. The zero-order valence-corrected chi connectivity index (χ0v) is 12.8. The number of benzene rings is 1. The number of hydrogen-bond donors (Lipinski definition) is 1. The molecule has 2 atom stereocenters. The van der Waals surface area contributed by atoms with Crippen LogP contribution in [0.5, 0.6) is 0 Å². The Morgan fingerprint density at radius 3 is 2.53 bits per heavy atom. The molecule has 1 rings (SSSR count). The second kappa shape index (κ2) is 6.69. The van der Waals surface area contributed by atoms with Gasteiger partial charge in [0.25, 0.3) is 0 Å². The molecule has 0 saturated carbocycles. The van der Waals surface area contributed by atoms with Gasteiger partial charge < -0.3 is 10.5 Å². The highest BCUT2D eigenvalue weighted by molar-refractivity contribution is 6.31. The highest BCUT2D eigenvalue weighted by Gasteiger charge is 2.31. The lowest BCUT2D eigenvalue weighted by atomic mass is 9.82. The normalized spacial score (nSPS) is 15.3. The Bertz CT molecular complexity index is 417. The summed E-state index contributed by atoms with van der Waals surface area (Å²) in [7, 11) is 0. The molecule has 0 fully saturated rings. The first-order valence-electron chi connectivity index (χ1n) is 6.57. The van der Waals surface area contributed by atoms with Crippen molar-refractivity contribution in [3.63, 3.8) is 0 Å². The SMILES string of the molecule is CCOC(C(N)Cc1cccc(F)c1Cl)C(C)(C)C.